The third kappa shape index (κ3) is 0.394. The van der Waals surface area contributed by atoms with E-state index in [1.165, 1.54) is 11.1 Å². The second-order valence-electron chi connectivity index (χ2n) is 2.99. The van der Waals surface area contributed by atoms with Gasteiger partial charge in [-0.05, 0) is 11.1 Å². The summed E-state index contributed by atoms with van der Waals surface area (Å²) in [6, 6.07) is 8.53. The molecule has 3 rings (SSSR count). The lowest BCUT2D eigenvalue weighted by molar-refractivity contribution is 0.563. The predicted molar refractivity (Wildman–Crippen MR) is 38.1 cm³/mol. The fraction of sp³-hybridized carbons (Fsp3) is 0.250. The van der Waals surface area contributed by atoms with E-state index in [0.29, 0.717) is 0 Å². The molecule has 2 nitrogen and oxygen atoms in total. The minimum atomic E-state index is 0.205. The number of nitrogens with one attached hydrogen (secondary N) is 2. The van der Waals surface area contributed by atoms with Gasteiger partial charge >= 0.3 is 0 Å². The zero-order valence-corrected chi connectivity index (χ0v) is 5.52. The number of hydrazine groups is 1. The Kier molecular flexibility index (Phi) is 0.615. The molecule has 2 N–H and O–H groups in total. The molecule has 0 atom stereocenters. The van der Waals surface area contributed by atoms with Gasteiger partial charge in [-0.1, -0.05) is 24.3 Å². The summed E-state index contributed by atoms with van der Waals surface area (Å²) in [5, 5.41) is 0. The average Bonchev–Trinajstić information content (AvgIpc) is 2.67. The zero-order valence-electron chi connectivity index (χ0n) is 5.52. The summed E-state index contributed by atoms with van der Waals surface area (Å²) in [6.07, 6.45) is 1.14. The molecule has 0 radical (unpaired) electrons. The highest BCUT2D eigenvalue weighted by molar-refractivity contribution is 5.46. The van der Waals surface area contributed by atoms with Gasteiger partial charge in [-0.15, -0.1) is 0 Å². The molecule has 1 saturated heterocycles. The Balaban J connectivity index is 2.21. The minimum absolute atomic E-state index is 0.205. The summed E-state index contributed by atoms with van der Waals surface area (Å²) in [4.78, 5) is 0. The van der Waals surface area contributed by atoms with E-state index in [4.69, 9.17) is 0 Å². The standard InChI is InChI=1S/C8H8N2/c1-2-4-7-6(3-1)5-8(7)9-10-8/h1-4,9-10H,5H2. The van der Waals surface area contributed by atoms with Gasteiger partial charge in [0.25, 0.3) is 0 Å². The van der Waals surface area contributed by atoms with Crippen LogP contribution >= 0.6 is 0 Å². The van der Waals surface area contributed by atoms with Crippen LogP contribution in [0.1, 0.15) is 11.1 Å². The highest BCUT2D eigenvalue weighted by atomic mass is 15.7. The van der Waals surface area contributed by atoms with Crippen molar-refractivity contribution in [1.29, 1.82) is 0 Å². The molecule has 1 fully saturated rings. The van der Waals surface area contributed by atoms with Gasteiger partial charge in [-0.25, -0.2) is 10.9 Å². The van der Waals surface area contributed by atoms with Crippen LogP contribution in [0.4, 0.5) is 0 Å². The van der Waals surface area contributed by atoms with Crippen molar-refractivity contribution in [2.75, 3.05) is 0 Å². The summed E-state index contributed by atoms with van der Waals surface area (Å²) in [5.41, 5.74) is 9.41. The van der Waals surface area contributed by atoms with Crippen LogP contribution in [0, 0.1) is 0 Å². The molecule has 1 aromatic rings. The lowest BCUT2D eigenvalue weighted by atomic mass is 9.81. The molecule has 1 spiro atoms. The normalized spacial score (nSPS) is 23.6. The summed E-state index contributed by atoms with van der Waals surface area (Å²) in [5.74, 6) is 0. The fourth-order valence-electron chi connectivity index (χ4n) is 1.66. The Labute approximate surface area is 59.2 Å². The maximum atomic E-state index is 3.15. The van der Waals surface area contributed by atoms with E-state index in [1.807, 2.05) is 0 Å². The van der Waals surface area contributed by atoms with Crippen LogP contribution in [-0.4, -0.2) is 0 Å². The first-order valence-corrected chi connectivity index (χ1v) is 3.53. The highest BCUT2D eigenvalue weighted by Gasteiger charge is 2.51. The van der Waals surface area contributed by atoms with E-state index in [2.05, 4.69) is 35.1 Å². The molecule has 1 aromatic carbocycles. The highest BCUT2D eigenvalue weighted by Crippen LogP contribution is 2.41. The van der Waals surface area contributed by atoms with Gasteiger partial charge in [0.15, 0.2) is 0 Å². The van der Waals surface area contributed by atoms with Gasteiger partial charge in [0, 0.05) is 6.42 Å². The van der Waals surface area contributed by atoms with E-state index in [1.54, 1.807) is 0 Å². The second-order valence-corrected chi connectivity index (χ2v) is 2.99. The molecule has 0 bridgehead atoms. The molecule has 10 heavy (non-hydrogen) atoms. The van der Waals surface area contributed by atoms with Crippen molar-refractivity contribution >= 4 is 0 Å². The Morgan fingerprint density at radius 3 is 2.70 bits per heavy atom. The average molecular weight is 132 g/mol. The summed E-state index contributed by atoms with van der Waals surface area (Å²) >= 11 is 0. The van der Waals surface area contributed by atoms with Gasteiger partial charge in [0.2, 0.25) is 0 Å². The maximum absolute atomic E-state index is 3.15. The predicted octanol–water partition coefficient (Wildman–Crippen LogP) is 0.503. The zero-order chi connectivity index (χ0) is 6.60. The number of hydrogen-bond donors (Lipinski definition) is 2. The molecular weight excluding hydrogens is 124 g/mol. The molecule has 1 heterocycles. The van der Waals surface area contributed by atoms with Crippen molar-refractivity contribution in [3.63, 3.8) is 0 Å². The van der Waals surface area contributed by atoms with Crippen LogP contribution in [0.3, 0.4) is 0 Å². The van der Waals surface area contributed by atoms with Gasteiger partial charge in [0.05, 0.1) is 0 Å². The second kappa shape index (κ2) is 1.26. The Morgan fingerprint density at radius 1 is 1.20 bits per heavy atom. The van der Waals surface area contributed by atoms with Crippen LogP contribution in [0.2, 0.25) is 0 Å². The maximum Gasteiger partial charge on any atom is 0.124 e. The summed E-state index contributed by atoms with van der Waals surface area (Å²) in [7, 11) is 0. The van der Waals surface area contributed by atoms with E-state index >= 15 is 0 Å². The first-order valence-electron chi connectivity index (χ1n) is 3.53. The Hall–Kier alpha value is -0.860. The molecule has 2 aliphatic rings. The van der Waals surface area contributed by atoms with Crippen LogP contribution < -0.4 is 10.9 Å². The van der Waals surface area contributed by atoms with Crippen LogP contribution in [0.15, 0.2) is 24.3 Å². The van der Waals surface area contributed by atoms with Crippen LogP contribution in [0.5, 0.6) is 0 Å². The molecule has 0 amide bonds. The SMILES string of the molecule is c1ccc2c(c1)CC21NN1. The first kappa shape index (κ1) is 4.88. The Bertz CT molecular complexity index is 289. The number of fused-ring (bicyclic) bond motifs is 2. The lowest BCUT2D eigenvalue weighted by Crippen LogP contribution is -2.30. The molecule has 0 unspecified atom stereocenters. The molecular formula is C8H8N2. The molecule has 50 valence electrons. The molecule has 0 saturated carbocycles. The fourth-order valence-corrected chi connectivity index (χ4v) is 1.66. The van der Waals surface area contributed by atoms with Crippen molar-refractivity contribution < 1.29 is 0 Å². The van der Waals surface area contributed by atoms with Crippen LogP contribution in [-0.2, 0) is 12.1 Å². The summed E-state index contributed by atoms with van der Waals surface area (Å²) < 4.78 is 0. The van der Waals surface area contributed by atoms with E-state index in [9.17, 15) is 0 Å². The topological polar surface area (TPSA) is 43.9 Å². The number of benzene rings is 1. The lowest BCUT2D eigenvalue weighted by Gasteiger charge is -2.26. The number of rotatable bonds is 0. The van der Waals surface area contributed by atoms with Crippen molar-refractivity contribution in [2.45, 2.75) is 12.1 Å². The van der Waals surface area contributed by atoms with Gasteiger partial charge in [-0.2, -0.15) is 0 Å². The van der Waals surface area contributed by atoms with Gasteiger partial charge < -0.3 is 0 Å². The van der Waals surface area contributed by atoms with Crippen molar-refractivity contribution in [3.05, 3.63) is 35.4 Å². The third-order valence-corrected chi connectivity index (χ3v) is 2.36. The smallest absolute Gasteiger partial charge is 0.124 e. The van der Waals surface area contributed by atoms with Crippen molar-refractivity contribution in [3.8, 4) is 0 Å². The van der Waals surface area contributed by atoms with Crippen molar-refractivity contribution in [2.24, 2.45) is 0 Å². The Morgan fingerprint density at radius 2 is 2.00 bits per heavy atom. The van der Waals surface area contributed by atoms with Gasteiger partial charge in [-0.3, -0.25) is 0 Å². The summed E-state index contributed by atoms with van der Waals surface area (Å²) in [6.45, 7) is 0. The largest absolute Gasteiger partial charge is 0.230 e. The molecule has 1 aliphatic heterocycles. The van der Waals surface area contributed by atoms with E-state index in [0.717, 1.165) is 6.42 Å². The molecule has 0 aromatic heterocycles. The number of hydrogen-bond acceptors (Lipinski definition) is 2. The quantitative estimate of drug-likeness (QED) is 0.505. The van der Waals surface area contributed by atoms with E-state index < -0.39 is 0 Å². The minimum Gasteiger partial charge on any atom is -0.230 e. The molecule has 1 aliphatic carbocycles. The van der Waals surface area contributed by atoms with Crippen LogP contribution in [0.25, 0.3) is 0 Å². The first-order chi connectivity index (χ1) is 4.91. The third-order valence-electron chi connectivity index (χ3n) is 2.36. The van der Waals surface area contributed by atoms with E-state index in [-0.39, 0.29) is 5.66 Å². The monoisotopic (exact) mass is 132 g/mol. The van der Waals surface area contributed by atoms with Crippen molar-refractivity contribution in [1.82, 2.24) is 10.9 Å². The van der Waals surface area contributed by atoms with Gasteiger partial charge in [0.1, 0.15) is 5.66 Å². The molecule has 2 heteroatoms.